The van der Waals surface area contributed by atoms with Crippen LogP contribution in [0.1, 0.15) is 31.4 Å². The molecule has 1 unspecified atom stereocenters. The first-order chi connectivity index (χ1) is 9.99. The second kappa shape index (κ2) is 8.78. The van der Waals surface area contributed by atoms with Crippen LogP contribution in [-0.2, 0) is 10.0 Å². The molecule has 0 fully saturated rings. The molecule has 0 aliphatic carbocycles. The number of nitrogens with one attached hydrogen (secondary N) is 1. The lowest BCUT2D eigenvalue weighted by atomic mass is 10.0. The summed E-state index contributed by atoms with van der Waals surface area (Å²) >= 11 is 0. The van der Waals surface area contributed by atoms with Crippen LogP contribution in [0, 0.1) is 11.3 Å². The van der Waals surface area contributed by atoms with Crippen molar-refractivity contribution in [1.82, 2.24) is 9.62 Å². The van der Waals surface area contributed by atoms with Crippen molar-refractivity contribution in [3.63, 3.8) is 0 Å². The van der Waals surface area contributed by atoms with Gasteiger partial charge in [-0.1, -0.05) is 37.3 Å². The van der Waals surface area contributed by atoms with Gasteiger partial charge in [-0.15, -0.1) is 0 Å². The normalized spacial score (nSPS) is 13.0. The van der Waals surface area contributed by atoms with E-state index in [1.54, 1.807) is 0 Å². The van der Waals surface area contributed by atoms with Crippen LogP contribution in [0.4, 0.5) is 0 Å². The number of benzene rings is 1. The largest absolute Gasteiger partial charge is 0.309 e. The van der Waals surface area contributed by atoms with Gasteiger partial charge < -0.3 is 5.32 Å². The fourth-order valence-electron chi connectivity index (χ4n) is 2.17. The van der Waals surface area contributed by atoms with Crippen molar-refractivity contribution < 1.29 is 8.42 Å². The van der Waals surface area contributed by atoms with Gasteiger partial charge in [0.25, 0.3) is 0 Å². The zero-order valence-corrected chi connectivity index (χ0v) is 13.4. The molecule has 0 aliphatic heterocycles. The number of nitrogens with zero attached hydrogens (tertiary/aromatic N) is 2. The van der Waals surface area contributed by atoms with Gasteiger partial charge in [0.2, 0.25) is 10.0 Å². The van der Waals surface area contributed by atoms with E-state index in [1.807, 2.05) is 37.3 Å². The molecule has 21 heavy (non-hydrogen) atoms. The van der Waals surface area contributed by atoms with Crippen molar-refractivity contribution in [1.29, 1.82) is 5.26 Å². The maximum Gasteiger partial charge on any atom is 0.211 e. The summed E-state index contributed by atoms with van der Waals surface area (Å²) in [4.78, 5) is 0. The molecule has 0 amide bonds. The molecule has 0 radical (unpaired) electrons. The van der Waals surface area contributed by atoms with E-state index in [2.05, 4.69) is 11.4 Å². The van der Waals surface area contributed by atoms with Gasteiger partial charge in [-0.05, 0) is 18.5 Å². The molecule has 116 valence electrons. The lowest BCUT2D eigenvalue weighted by Crippen LogP contribution is -2.33. The predicted molar refractivity (Wildman–Crippen MR) is 84.1 cm³/mol. The summed E-state index contributed by atoms with van der Waals surface area (Å²) < 4.78 is 24.4. The number of hydrogen-bond donors (Lipinski definition) is 1. The molecule has 1 aromatic rings. The van der Waals surface area contributed by atoms with E-state index in [9.17, 15) is 8.42 Å². The maximum atomic E-state index is 11.5. The molecule has 5 nitrogen and oxygen atoms in total. The van der Waals surface area contributed by atoms with Crippen LogP contribution >= 0.6 is 0 Å². The second-order valence-corrected chi connectivity index (χ2v) is 6.87. The molecule has 1 rings (SSSR count). The van der Waals surface area contributed by atoms with Crippen LogP contribution < -0.4 is 5.32 Å². The molecule has 0 saturated heterocycles. The van der Waals surface area contributed by atoms with Crippen LogP contribution in [0.25, 0.3) is 0 Å². The first-order valence-corrected chi connectivity index (χ1v) is 8.94. The van der Waals surface area contributed by atoms with Gasteiger partial charge >= 0.3 is 0 Å². The highest BCUT2D eigenvalue weighted by atomic mass is 32.2. The van der Waals surface area contributed by atoms with Gasteiger partial charge in [-0.2, -0.15) is 5.26 Å². The van der Waals surface area contributed by atoms with E-state index >= 15 is 0 Å². The zero-order chi connectivity index (χ0) is 15.7. The Labute approximate surface area is 127 Å². The minimum atomic E-state index is -3.12. The van der Waals surface area contributed by atoms with Gasteiger partial charge in [-0.25, -0.2) is 12.7 Å². The van der Waals surface area contributed by atoms with Gasteiger partial charge in [0, 0.05) is 19.1 Å². The minimum absolute atomic E-state index is 0.00971. The Bertz CT molecular complexity index is 552. The second-order valence-electron chi connectivity index (χ2n) is 4.89. The first kappa shape index (κ1) is 17.6. The molecule has 0 bridgehead atoms. The van der Waals surface area contributed by atoms with Crippen LogP contribution in [0.15, 0.2) is 30.3 Å². The molecule has 6 heteroatoms. The van der Waals surface area contributed by atoms with Crippen LogP contribution in [-0.4, -0.2) is 38.6 Å². The lowest BCUT2D eigenvalue weighted by Gasteiger charge is -2.20. The molecule has 0 aromatic heterocycles. The standard InChI is InChI=1S/C15H23N3O2S/c1-3-18(21(2,19)20)13-7-12-17-15(10-11-16)14-8-5-4-6-9-14/h4-6,8-9,15,17H,3,7,10,12-13H2,1-2H3. The fraction of sp³-hybridized carbons (Fsp3) is 0.533. The van der Waals surface area contributed by atoms with Gasteiger partial charge in [0.15, 0.2) is 0 Å². The Kier molecular flexibility index (Phi) is 7.37. The minimum Gasteiger partial charge on any atom is -0.309 e. The highest BCUT2D eigenvalue weighted by Crippen LogP contribution is 2.15. The number of sulfonamides is 1. The summed E-state index contributed by atoms with van der Waals surface area (Å²) in [5, 5.41) is 12.2. The lowest BCUT2D eigenvalue weighted by molar-refractivity contribution is 0.411. The smallest absolute Gasteiger partial charge is 0.211 e. The van der Waals surface area contributed by atoms with Gasteiger partial charge in [-0.3, -0.25) is 0 Å². The first-order valence-electron chi connectivity index (χ1n) is 7.09. The maximum absolute atomic E-state index is 11.5. The third-order valence-electron chi connectivity index (χ3n) is 3.29. The average Bonchev–Trinajstić information content (AvgIpc) is 2.45. The third-order valence-corrected chi connectivity index (χ3v) is 4.67. The third kappa shape index (κ3) is 6.25. The van der Waals surface area contributed by atoms with Crippen LogP contribution in [0.3, 0.4) is 0 Å². The molecule has 0 aliphatic rings. The van der Waals surface area contributed by atoms with Crippen molar-refractivity contribution in [2.45, 2.75) is 25.8 Å². The molecule has 0 saturated carbocycles. The van der Waals surface area contributed by atoms with Gasteiger partial charge in [0.05, 0.1) is 18.7 Å². The van der Waals surface area contributed by atoms with E-state index in [1.165, 1.54) is 10.6 Å². The van der Waals surface area contributed by atoms with Crippen molar-refractivity contribution in [2.75, 3.05) is 25.9 Å². The summed E-state index contributed by atoms with van der Waals surface area (Å²) in [6.45, 7) is 3.49. The van der Waals surface area contributed by atoms with Crippen molar-refractivity contribution in [3.05, 3.63) is 35.9 Å². The van der Waals surface area contributed by atoms with Crippen molar-refractivity contribution in [3.8, 4) is 6.07 Å². The Morgan fingerprint density at radius 3 is 2.52 bits per heavy atom. The molecule has 1 atom stereocenters. The Morgan fingerprint density at radius 2 is 2.00 bits per heavy atom. The molecule has 0 heterocycles. The van der Waals surface area contributed by atoms with E-state index < -0.39 is 10.0 Å². The quantitative estimate of drug-likeness (QED) is 0.707. The number of rotatable bonds is 9. The van der Waals surface area contributed by atoms with E-state index in [0.717, 1.165) is 12.0 Å². The summed E-state index contributed by atoms with van der Waals surface area (Å²) in [6, 6.07) is 12.0. The topological polar surface area (TPSA) is 73.2 Å². The molecule has 1 aromatic carbocycles. The summed E-state index contributed by atoms with van der Waals surface area (Å²) in [6.07, 6.45) is 2.34. The Hall–Kier alpha value is -1.42. The molecule has 0 spiro atoms. The highest BCUT2D eigenvalue weighted by molar-refractivity contribution is 7.88. The summed E-state index contributed by atoms with van der Waals surface area (Å²) in [5.41, 5.74) is 1.08. The molecular weight excluding hydrogens is 286 g/mol. The van der Waals surface area contributed by atoms with Crippen molar-refractivity contribution >= 4 is 10.0 Å². The zero-order valence-electron chi connectivity index (χ0n) is 12.6. The van der Waals surface area contributed by atoms with Gasteiger partial charge in [0.1, 0.15) is 0 Å². The Morgan fingerprint density at radius 1 is 1.33 bits per heavy atom. The summed E-state index contributed by atoms with van der Waals surface area (Å²) in [7, 11) is -3.12. The van der Waals surface area contributed by atoms with E-state index in [0.29, 0.717) is 26.1 Å². The number of nitriles is 1. The monoisotopic (exact) mass is 309 g/mol. The predicted octanol–water partition coefficient (Wildman–Crippen LogP) is 1.90. The average molecular weight is 309 g/mol. The van der Waals surface area contributed by atoms with Crippen LogP contribution in [0.5, 0.6) is 0 Å². The van der Waals surface area contributed by atoms with Crippen molar-refractivity contribution in [2.24, 2.45) is 0 Å². The highest BCUT2D eigenvalue weighted by Gasteiger charge is 2.14. The molecule has 1 N–H and O–H groups in total. The Balaban J connectivity index is 2.47. The molecular formula is C15H23N3O2S. The SMILES string of the molecule is CCN(CCCNC(CC#N)c1ccccc1)S(C)(=O)=O. The number of hydrogen-bond acceptors (Lipinski definition) is 4. The van der Waals surface area contributed by atoms with Crippen LogP contribution in [0.2, 0.25) is 0 Å². The fourth-order valence-corrected chi connectivity index (χ4v) is 3.10. The summed E-state index contributed by atoms with van der Waals surface area (Å²) in [5.74, 6) is 0. The van der Waals surface area contributed by atoms with E-state index in [-0.39, 0.29) is 6.04 Å². The van der Waals surface area contributed by atoms with E-state index in [4.69, 9.17) is 5.26 Å².